The average molecular weight is 339 g/mol. The molecule has 2 aromatic heterocycles. The van der Waals surface area contributed by atoms with Crippen LogP contribution in [-0.4, -0.2) is 18.0 Å². The lowest BCUT2D eigenvalue weighted by Crippen LogP contribution is -2.23. The largest absolute Gasteiger partial charge is 0.467 e. The number of benzene rings is 1. The number of carbonyl (C=O) groups excluding carboxylic acids is 1. The standard InChI is InChI=1S/C19H21N3O3/c1-13-6-7-15(19(23)21-24-3)11-18(13)22(12-16-5-4-10-25-16)17-8-9-20-14(17)2/h4-11,20H,12H2,1-3H3,(H,21,23). The summed E-state index contributed by atoms with van der Waals surface area (Å²) >= 11 is 0. The molecule has 6 nitrogen and oxygen atoms in total. The van der Waals surface area contributed by atoms with E-state index in [1.165, 1.54) is 7.11 Å². The molecule has 0 spiro atoms. The number of anilines is 2. The fraction of sp³-hybridized carbons (Fsp3) is 0.211. The summed E-state index contributed by atoms with van der Waals surface area (Å²) in [5, 5.41) is 0. The highest BCUT2D eigenvalue weighted by molar-refractivity contribution is 5.95. The van der Waals surface area contributed by atoms with Crippen LogP contribution in [-0.2, 0) is 11.4 Å². The topological polar surface area (TPSA) is 70.5 Å². The monoisotopic (exact) mass is 339 g/mol. The predicted molar refractivity (Wildman–Crippen MR) is 95.7 cm³/mol. The summed E-state index contributed by atoms with van der Waals surface area (Å²) in [6.45, 7) is 4.59. The van der Waals surface area contributed by atoms with Crippen LogP contribution in [0.15, 0.2) is 53.3 Å². The SMILES string of the molecule is CONC(=O)c1ccc(C)c(N(Cc2ccco2)c2cc[nH]c2C)c1. The van der Waals surface area contributed by atoms with Crippen molar-refractivity contribution in [3.05, 3.63) is 71.4 Å². The number of carbonyl (C=O) groups is 1. The van der Waals surface area contributed by atoms with Gasteiger partial charge in [-0.15, -0.1) is 0 Å². The van der Waals surface area contributed by atoms with Crippen LogP contribution in [0.4, 0.5) is 11.4 Å². The Morgan fingerprint density at radius 3 is 2.72 bits per heavy atom. The summed E-state index contributed by atoms with van der Waals surface area (Å²) in [7, 11) is 1.42. The van der Waals surface area contributed by atoms with Crippen molar-refractivity contribution in [3.8, 4) is 0 Å². The van der Waals surface area contributed by atoms with Gasteiger partial charge in [-0.2, -0.15) is 0 Å². The molecule has 0 aliphatic rings. The predicted octanol–water partition coefficient (Wildman–Crippen LogP) is 3.85. The second-order valence-corrected chi connectivity index (χ2v) is 5.79. The molecule has 0 aliphatic heterocycles. The van der Waals surface area contributed by atoms with Gasteiger partial charge in [0.05, 0.1) is 25.6 Å². The van der Waals surface area contributed by atoms with Gasteiger partial charge in [-0.3, -0.25) is 9.63 Å². The molecule has 3 aromatic rings. The lowest BCUT2D eigenvalue weighted by molar-refractivity contribution is 0.0537. The van der Waals surface area contributed by atoms with E-state index in [-0.39, 0.29) is 5.91 Å². The van der Waals surface area contributed by atoms with Crippen LogP contribution in [0.1, 0.15) is 27.4 Å². The van der Waals surface area contributed by atoms with E-state index >= 15 is 0 Å². The minimum atomic E-state index is -0.285. The van der Waals surface area contributed by atoms with Gasteiger partial charge in [0.1, 0.15) is 5.76 Å². The van der Waals surface area contributed by atoms with Gasteiger partial charge in [-0.1, -0.05) is 6.07 Å². The molecule has 3 rings (SSSR count). The maximum absolute atomic E-state index is 12.1. The average Bonchev–Trinajstić information content (AvgIpc) is 3.25. The maximum Gasteiger partial charge on any atom is 0.274 e. The number of furan rings is 1. The summed E-state index contributed by atoms with van der Waals surface area (Å²) in [6.07, 6.45) is 3.56. The van der Waals surface area contributed by atoms with E-state index in [0.717, 1.165) is 28.4 Å². The van der Waals surface area contributed by atoms with Crippen LogP contribution < -0.4 is 10.4 Å². The zero-order valence-corrected chi connectivity index (χ0v) is 14.5. The number of amides is 1. The summed E-state index contributed by atoms with van der Waals surface area (Å²) in [6, 6.07) is 11.4. The Bertz CT molecular complexity index is 853. The van der Waals surface area contributed by atoms with Gasteiger partial charge in [0.15, 0.2) is 0 Å². The molecule has 6 heteroatoms. The normalized spacial score (nSPS) is 10.7. The minimum Gasteiger partial charge on any atom is -0.467 e. The van der Waals surface area contributed by atoms with Crippen molar-refractivity contribution in [1.29, 1.82) is 0 Å². The molecular formula is C19H21N3O3. The number of aromatic amines is 1. The highest BCUT2D eigenvalue weighted by Gasteiger charge is 2.18. The van der Waals surface area contributed by atoms with E-state index < -0.39 is 0 Å². The smallest absolute Gasteiger partial charge is 0.274 e. The molecule has 0 saturated carbocycles. The summed E-state index contributed by atoms with van der Waals surface area (Å²) in [5.74, 6) is 0.555. The summed E-state index contributed by atoms with van der Waals surface area (Å²) < 4.78 is 5.53. The first-order valence-electron chi connectivity index (χ1n) is 7.98. The van der Waals surface area contributed by atoms with Gasteiger partial charge in [0.2, 0.25) is 0 Å². The molecule has 2 N–H and O–H groups in total. The Balaban J connectivity index is 2.05. The van der Waals surface area contributed by atoms with E-state index in [2.05, 4.69) is 15.4 Å². The van der Waals surface area contributed by atoms with Crippen molar-refractivity contribution < 1.29 is 14.0 Å². The number of hydrogen-bond donors (Lipinski definition) is 2. The van der Waals surface area contributed by atoms with Crippen molar-refractivity contribution in [2.75, 3.05) is 12.0 Å². The van der Waals surface area contributed by atoms with Crippen molar-refractivity contribution in [2.24, 2.45) is 0 Å². The van der Waals surface area contributed by atoms with Crippen LogP contribution in [0.3, 0.4) is 0 Å². The summed E-state index contributed by atoms with van der Waals surface area (Å²) in [5.41, 5.74) is 6.95. The van der Waals surface area contributed by atoms with Crippen molar-refractivity contribution in [3.63, 3.8) is 0 Å². The molecule has 0 fully saturated rings. The van der Waals surface area contributed by atoms with E-state index in [9.17, 15) is 4.79 Å². The van der Waals surface area contributed by atoms with Gasteiger partial charge in [-0.05, 0) is 49.7 Å². The highest BCUT2D eigenvalue weighted by Crippen LogP contribution is 2.33. The van der Waals surface area contributed by atoms with Crippen molar-refractivity contribution in [1.82, 2.24) is 10.5 Å². The molecule has 1 aromatic carbocycles. The number of rotatable bonds is 6. The van der Waals surface area contributed by atoms with Gasteiger partial charge in [0, 0.05) is 23.1 Å². The van der Waals surface area contributed by atoms with Crippen LogP contribution in [0, 0.1) is 13.8 Å². The fourth-order valence-electron chi connectivity index (χ4n) is 2.79. The molecule has 0 radical (unpaired) electrons. The van der Waals surface area contributed by atoms with E-state index in [4.69, 9.17) is 9.25 Å². The van der Waals surface area contributed by atoms with E-state index in [1.54, 1.807) is 12.3 Å². The number of hydrogen-bond acceptors (Lipinski definition) is 4. The highest BCUT2D eigenvalue weighted by atomic mass is 16.6. The number of nitrogens with zero attached hydrogens (tertiary/aromatic N) is 1. The van der Waals surface area contributed by atoms with E-state index in [0.29, 0.717) is 12.1 Å². The summed E-state index contributed by atoms with van der Waals surface area (Å²) in [4.78, 5) is 22.2. The third kappa shape index (κ3) is 3.59. The molecular weight excluding hydrogens is 318 g/mol. The number of aromatic nitrogens is 1. The molecule has 0 atom stereocenters. The van der Waals surface area contributed by atoms with Crippen molar-refractivity contribution >= 4 is 17.3 Å². The van der Waals surface area contributed by atoms with Gasteiger partial charge in [-0.25, -0.2) is 5.48 Å². The Morgan fingerprint density at radius 2 is 2.08 bits per heavy atom. The first kappa shape index (κ1) is 16.9. The second-order valence-electron chi connectivity index (χ2n) is 5.79. The fourth-order valence-corrected chi connectivity index (χ4v) is 2.79. The van der Waals surface area contributed by atoms with Crippen LogP contribution in [0.25, 0.3) is 0 Å². The number of aryl methyl sites for hydroxylation is 2. The molecule has 1 amide bonds. The van der Waals surface area contributed by atoms with Gasteiger partial charge < -0.3 is 14.3 Å². The molecule has 25 heavy (non-hydrogen) atoms. The lowest BCUT2D eigenvalue weighted by atomic mass is 10.1. The molecule has 130 valence electrons. The minimum absolute atomic E-state index is 0.285. The molecule has 2 heterocycles. The Kier molecular flexibility index (Phi) is 4.90. The zero-order chi connectivity index (χ0) is 17.8. The molecule has 0 aliphatic carbocycles. The molecule has 0 bridgehead atoms. The number of nitrogens with one attached hydrogen (secondary N) is 2. The quantitative estimate of drug-likeness (QED) is 0.669. The Labute approximate surface area is 146 Å². The Morgan fingerprint density at radius 1 is 1.24 bits per heavy atom. The zero-order valence-electron chi connectivity index (χ0n) is 14.5. The number of hydroxylamine groups is 1. The van der Waals surface area contributed by atoms with Crippen molar-refractivity contribution in [2.45, 2.75) is 20.4 Å². The van der Waals surface area contributed by atoms with Gasteiger partial charge in [0.25, 0.3) is 5.91 Å². The number of H-pyrrole nitrogens is 1. The third-order valence-electron chi connectivity index (χ3n) is 4.07. The molecule has 0 unspecified atom stereocenters. The first-order valence-corrected chi connectivity index (χ1v) is 7.98. The van der Waals surface area contributed by atoms with Gasteiger partial charge >= 0.3 is 0 Å². The third-order valence-corrected chi connectivity index (χ3v) is 4.07. The lowest BCUT2D eigenvalue weighted by Gasteiger charge is -2.26. The van der Waals surface area contributed by atoms with Crippen LogP contribution in [0.2, 0.25) is 0 Å². The second kappa shape index (κ2) is 7.27. The van der Waals surface area contributed by atoms with Crippen LogP contribution >= 0.6 is 0 Å². The first-order chi connectivity index (χ1) is 12.1. The van der Waals surface area contributed by atoms with E-state index in [1.807, 2.05) is 50.4 Å². The Hall–Kier alpha value is -2.99. The molecule has 0 saturated heterocycles. The van der Waals surface area contributed by atoms with Crippen LogP contribution in [0.5, 0.6) is 0 Å². The maximum atomic E-state index is 12.1.